The standard InChI is InChI=1S/C17H19B/c1-14-9-7-8-10-15(14)13-18-17(2,3)16-11-5-4-6-12-16/h4-13H,1-3H3. The minimum absolute atomic E-state index is 0.0591. The van der Waals surface area contributed by atoms with Crippen LogP contribution < -0.4 is 0 Å². The van der Waals surface area contributed by atoms with E-state index in [0.29, 0.717) is 0 Å². The molecular weight excluding hydrogens is 215 g/mol. The van der Waals surface area contributed by atoms with Gasteiger partial charge in [-0.05, 0) is 0 Å². The average Bonchev–Trinajstić information content (AvgIpc) is 2.39. The molecule has 0 aliphatic rings. The maximum atomic E-state index is 2.28. The summed E-state index contributed by atoms with van der Waals surface area (Å²) in [6.45, 7) is 8.92. The molecule has 0 unspecified atom stereocenters. The van der Waals surface area contributed by atoms with E-state index in [1.807, 2.05) is 0 Å². The Bertz CT molecular complexity index is 539. The van der Waals surface area contributed by atoms with Crippen molar-refractivity contribution in [1.29, 1.82) is 0 Å². The molecule has 0 aromatic heterocycles. The van der Waals surface area contributed by atoms with Gasteiger partial charge in [0.05, 0.1) is 0 Å². The summed E-state index contributed by atoms with van der Waals surface area (Å²) in [5.41, 5.74) is 3.95. The quantitative estimate of drug-likeness (QED) is 0.709. The van der Waals surface area contributed by atoms with Crippen LogP contribution in [0.5, 0.6) is 0 Å². The number of hydrogen-bond donors (Lipinski definition) is 0. The Labute approximate surface area is 111 Å². The Hall–Kier alpha value is -1.63. The van der Waals surface area contributed by atoms with E-state index in [-0.39, 0.29) is 5.31 Å². The molecule has 2 rings (SSSR count). The second-order valence-electron chi connectivity index (χ2n) is 5.28. The van der Waals surface area contributed by atoms with Crippen LogP contribution in [0.2, 0.25) is 0 Å². The molecule has 0 saturated carbocycles. The van der Waals surface area contributed by atoms with Gasteiger partial charge in [0, 0.05) is 0 Å². The third-order valence-corrected chi connectivity index (χ3v) is 3.39. The molecule has 0 bridgehead atoms. The topological polar surface area (TPSA) is 0 Å². The molecule has 0 N–H and O–H groups in total. The molecule has 0 aliphatic carbocycles. The summed E-state index contributed by atoms with van der Waals surface area (Å²) >= 11 is 0. The summed E-state index contributed by atoms with van der Waals surface area (Å²) in [5.74, 6) is 2.22. The Morgan fingerprint density at radius 2 is 1.50 bits per heavy atom. The molecule has 0 heterocycles. The number of benzene rings is 2. The molecule has 0 amide bonds. The van der Waals surface area contributed by atoms with Crippen molar-refractivity contribution in [2.24, 2.45) is 0 Å². The first-order chi connectivity index (χ1) is 8.59. The van der Waals surface area contributed by atoms with Crippen molar-refractivity contribution in [3.8, 4) is 0 Å². The predicted molar refractivity (Wildman–Crippen MR) is 81.6 cm³/mol. The van der Waals surface area contributed by atoms with Gasteiger partial charge in [-0.1, -0.05) is 0 Å². The zero-order chi connectivity index (χ0) is 13.0. The van der Waals surface area contributed by atoms with Crippen molar-refractivity contribution in [2.75, 3.05) is 0 Å². The number of rotatable bonds is 3. The summed E-state index contributed by atoms with van der Waals surface area (Å²) < 4.78 is 0. The van der Waals surface area contributed by atoms with E-state index in [0.717, 1.165) is 0 Å². The fourth-order valence-corrected chi connectivity index (χ4v) is 2.04. The van der Waals surface area contributed by atoms with Crippen LogP contribution in [-0.4, -0.2) is 12.9 Å². The van der Waals surface area contributed by atoms with Crippen molar-refractivity contribution in [3.63, 3.8) is 0 Å². The van der Waals surface area contributed by atoms with E-state index in [1.54, 1.807) is 0 Å². The molecule has 0 nitrogen and oxygen atoms in total. The van der Waals surface area contributed by atoms with Gasteiger partial charge in [0.15, 0.2) is 0 Å². The van der Waals surface area contributed by atoms with Gasteiger partial charge >= 0.3 is 110 Å². The van der Waals surface area contributed by atoms with E-state index in [2.05, 4.69) is 88.3 Å². The summed E-state index contributed by atoms with van der Waals surface area (Å²) in [6.07, 6.45) is 0. The molecule has 0 saturated heterocycles. The Morgan fingerprint density at radius 1 is 0.889 bits per heavy atom. The van der Waals surface area contributed by atoms with Crippen molar-refractivity contribution in [2.45, 2.75) is 26.1 Å². The van der Waals surface area contributed by atoms with Crippen LogP contribution in [-0.2, 0) is 5.31 Å². The first-order valence-electron chi connectivity index (χ1n) is 6.40. The minimum atomic E-state index is 0.0591. The van der Waals surface area contributed by atoms with Gasteiger partial charge in [0.25, 0.3) is 0 Å². The molecular formula is C17H19B. The van der Waals surface area contributed by atoms with E-state index < -0.39 is 0 Å². The van der Waals surface area contributed by atoms with Crippen molar-refractivity contribution in [3.05, 3.63) is 71.3 Å². The molecule has 1 heteroatoms. The third-order valence-electron chi connectivity index (χ3n) is 3.39. The molecule has 90 valence electrons. The van der Waals surface area contributed by atoms with E-state index >= 15 is 0 Å². The molecule has 0 radical (unpaired) electrons. The van der Waals surface area contributed by atoms with Gasteiger partial charge in [0.2, 0.25) is 0 Å². The molecule has 0 fully saturated rings. The molecule has 2 aromatic carbocycles. The van der Waals surface area contributed by atoms with Gasteiger partial charge in [-0.3, -0.25) is 0 Å². The van der Waals surface area contributed by atoms with Gasteiger partial charge in [0.1, 0.15) is 0 Å². The summed E-state index contributed by atoms with van der Waals surface area (Å²) in [6, 6.07) is 19.1. The Morgan fingerprint density at radius 3 is 2.17 bits per heavy atom. The monoisotopic (exact) mass is 234 g/mol. The zero-order valence-electron chi connectivity index (χ0n) is 11.4. The fourth-order valence-electron chi connectivity index (χ4n) is 2.04. The maximum absolute atomic E-state index is 2.28. The third kappa shape index (κ3) is 2.98. The van der Waals surface area contributed by atoms with Crippen molar-refractivity contribution in [1.82, 2.24) is 0 Å². The SMILES string of the molecule is Cc1ccccc1C=BC(C)(C)c1ccccc1. The van der Waals surface area contributed by atoms with E-state index in [1.165, 1.54) is 16.7 Å². The van der Waals surface area contributed by atoms with Crippen molar-refractivity contribution < 1.29 is 0 Å². The molecule has 0 spiro atoms. The van der Waals surface area contributed by atoms with Crippen LogP contribution in [0.1, 0.15) is 30.5 Å². The molecule has 0 aliphatic heterocycles. The van der Waals surface area contributed by atoms with Crippen LogP contribution in [0.25, 0.3) is 0 Å². The van der Waals surface area contributed by atoms with Crippen LogP contribution in [0, 0.1) is 6.92 Å². The summed E-state index contributed by atoms with van der Waals surface area (Å²) in [4.78, 5) is 0. The Balaban J connectivity index is 2.26. The van der Waals surface area contributed by atoms with E-state index in [4.69, 9.17) is 0 Å². The van der Waals surface area contributed by atoms with Crippen LogP contribution in [0.3, 0.4) is 0 Å². The summed E-state index contributed by atoms with van der Waals surface area (Å²) in [7, 11) is 0. The van der Waals surface area contributed by atoms with Crippen LogP contribution in [0.4, 0.5) is 0 Å². The van der Waals surface area contributed by atoms with Gasteiger partial charge in [-0.25, -0.2) is 0 Å². The molecule has 2 aromatic rings. The van der Waals surface area contributed by atoms with Gasteiger partial charge in [-0.2, -0.15) is 0 Å². The predicted octanol–water partition coefficient (Wildman–Crippen LogP) is 3.78. The molecule has 0 atom stereocenters. The Kier molecular flexibility index (Phi) is 3.81. The molecule has 18 heavy (non-hydrogen) atoms. The van der Waals surface area contributed by atoms with E-state index in [9.17, 15) is 0 Å². The average molecular weight is 234 g/mol. The number of aryl methyl sites for hydroxylation is 1. The second-order valence-corrected chi connectivity index (χ2v) is 5.28. The zero-order valence-corrected chi connectivity index (χ0v) is 11.4. The fraction of sp³-hybridized carbons (Fsp3) is 0.235. The first kappa shape index (κ1) is 12.8. The normalized spacial score (nSPS) is 11.5. The van der Waals surface area contributed by atoms with Crippen molar-refractivity contribution >= 4 is 12.9 Å². The van der Waals surface area contributed by atoms with Crippen LogP contribution >= 0.6 is 0 Å². The number of hydrogen-bond acceptors (Lipinski definition) is 0. The van der Waals surface area contributed by atoms with Gasteiger partial charge in [-0.15, -0.1) is 0 Å². The first-order valence-corrected chi connectivity index (χ1v) is 6.40. The second kappa shape index (κ2) is 5.35. The summed E-state index contributed by atoms with van der Waals surface area (Å²) in [5, 5.41) is 0.0591. The van der Waals surface area contributed by atoms with Gasteiger partial charge < -0.3 is 0 Å². The van der Waals surface area contributed by atoms with Crippen LogP contribution in [0.15, 0.2) is 54.6 Å².